The second-order valence-electron chi connectivity index (χ2n) is 5.10. The van der Waals surface area contributed by atoms with E-state index in [1.54, 1.807) is 13.4 Å². The third-order valence-electron chi connectivity index (χ3n) is 3.32. The van der Waals surface area contributed by atoms with Gasteiger partial charge >= 0.3 is 0 Å². The van der Waals surface area contributed by atoms with Gasteiger partial charge in [0.15, 0.2) is 11.8 Å². The molecule has 112 valence electrons. The average Bonchev–Trinajstić information content (AvgIpc) is 2.88. The van der Waals surface area contributed by atoms with E-state index in [1.807, 2.05) is 18.7 Å². The van der Waals surface area contributed by atoms with Crippen molar-refractivity contribution < 1.29 is 0 Å². The molecule has 0 amide bonds. The highest BCUT2D eigenvalue weighted by Crippen LogP contribution is 2.06. The molecule has 6 heteroatoms. The smallest absolute Gasteiger partial charge is 0.194 e. The maximum atomic E-state index is 4.30. The van der Waals surface area contributed by atoms with Crippen molar-refractivity contribution in [1.82, 2.24) is 25.0 Å². The molecule has 0 atom stereocenters. The molecule has 0 bridgehead atoms. The van der Waals surface area contributed by atoms with E-state index < -0.39 is 0 Å². The number of benzene rings is 1. The zero-order valence-corrected chi connectivity index (χ0v) is 13.0. The second kappa shape index (κ2) is 6.88. The standard InChI is InChI=1S/C15H22N6/c1-12-5-7-13(8-6-12)10-20(3)15(16-2)17-9-14-19-18-11-21(14)4/h5-8,11H,9-10H2,1-4H3,(H,16,17). The van der Waals surface area contributed by atoms with Crippen LogP contribution in [0.5, 0.6) is 0 Å². The number of guanidine groups is 1. The lowest BCUT2D eigenvalue weighted by Crippen LogP contribution is -2.38. The fourth-order valence-corrected chi connectivity index (χ4v) is 2.05. The molecular weight excluding hydrogens is 264 g/mol. The monoisotopic (exact) mass is 286 g/mol. The van der Waals surface area contributed by atoms with E-state index in [9.17, 15) is 0 Å². The number of nitrogens with zero attached hydrogens (tertiary/aromatic N) is 5. The largest absolute Gasteiger partial charge is 0.349 e. The van der Waals surface area contributed by atoms with Crippen molar-refractivity contribution in [3.05, 3.63) is 47.5 Å². The molecule has 2 rings (SSSR count). The van der Waals surface area contributed by atoms with Crippen molar-refractivity contribution in [1.29, 1.82) is 0 Å². The van der Waals surface area contributed by atoms with Crippen molar-refractivity contribution in [2.45, 2.75) is 20.0 Å². The first kappa shape index (κ1) is 15.0. The lowest BCUT2D eigenvalue weighted by Gasteiger charge is -2.22. The van der Waals surface area contributed by atoms with Crippen LogP contribution in [0.1, 0.15) is 17.0 Å². The molecule has 0 saturated heterocycles. The van der Waals surface area contributed by atoms with Crippen LogP contribution in [0.2, 0.25) is 0 Å². The van der Waals surface area contributed by atoms with Gasteiger partial charge in [0, 0.05) is 27.7 Å². The molecule has 1 aromatic heterocycles. The first-order chi connectivity index (χ1) is 10.1. The fraction of sp³-hybridized carbons (Fsp3) is 0.400. The van der Waals surface area contributed by atoms with Gasteiger partial charge in [0.1, 0.15) is 6.33 Å². The van der Waals surface area contributed by atoms with Crippen LogP contribution in [0, 0.1) is 6.92 Å². The minimum atomic E-state index is 0.599. The number of hydrogen-bond donors (Lipinski definition) is 1. The number of aromatic nitrogens is 3. The maximum Gasteiger partial charge on any atom is 0.194 e. The van der Waals surface area contributed by atoms with Gasteiger partial charge in [0.2, 0.25) is 0 Å². The van der Waals surface area contributed by atoms with E-state index in [-0.39, 0.29) is 0 Å². The molecule has 0 unspecified atom stereocenters. The number of aliphatic imine (C=N–C) groups is 1. The first-order valence-electron chi connectivity index (χ1n) is 6.90. The summed E-state index contributed by atoms with van der Waals surface area (Å²) >= 11 is 0. The van der Waals surface area contributed by atoms with Crippen molar-refractivity contribution in [3.8, 4) is 0 Å². The Labute approximate surface area is 125 Å². The summed E-state index contributed by atoms with van der Waals surface area (Å²) in [7, 11) is 5.73. The molecular formula is C15H22N6. The lowest BCUT2D eigenvalue weighted by atomic mass is 10.1. The Morgan fingerprint density at radius 2 is 2.05 bits per heavy atom. The second-order valence-corrected chi connectivity index (χ2v) is 5.10. The van der Waals surface area contributed by atoms with Crippen LogP contribution in [0.25, 0.3) is 0 Å². The molecule has 0 aliphatic rings. The van der Waals surface area contributed by atoms with E-state index in [2.05, 4.69) is 56.6 Å². The van der Waals surface area contributed by atoms with E-state index >= 15 is 0 Å². The van der Waals surface area contributed by atoms with Crippen molar-refractivity contribution in [2.75, 3.05) is 14.1 Å². The van der Waals surface area contributed by atoms with Crippen LogP contribution in [-0.2, 0) is 20.1 Å². The first-order valence-corrected chi connectivity index (χ1v) is 6.90. The maximum absolute atomic E-state index is 4.30. The molecule has 1 aromatic carbocycles. The van der Waals surface area contributed by atoms with E-state index in [1.165, 1.54) is 11.1 Å². The van der Waals surface area contributed by atoms with E-state index in [0.717, 1.165) is 18.3 Å². The Hall–Kier alpha value is -2.37. The summed E-state index contributed by atoms with van der Waals surface area (Å²) in [5, 5.41) is 11.2. The van der Waals surface area contributed by atoms with Gasteiger partial charge in [-0.15, -0.1) is 10.2 Å². The zero-order valence-electron chi connectivity index (χ0n) is 13.0. The molecule has 0 aliphatic heterocycles. The normalized spacial score (nSPS) is 11.5. The van der Waals surface area contributed by atoms with Gasteiger partial charge in [-0.25, -0.2) is 0 Å². The Balaban J connectivity index is 1.94. The molecule has 0 radical (unpaired) electrons. The van der Waals surface area contributed by atoms with Gasteiger partial charge in [-0.2, -0.15) is 0 Å². The summed E-state index contributed by atoms with van der Waals surface area (Å²) in [4.78, 5) is 6.39. The number of nitrogens with one attached hydrogen (secondary N) is 1. The van der Waals surface area contributed by atoms with Gasteiger partial charge in [0.05, 0.1) is 6.54 Å². The van der Waals surface area contributed by atoms with Gasteiger partial charge < -0.3 is 14.8 Å². The highest BCUT2D eigenvalue weighted by molar-refractivity contribution is 5.79. The summed E-state index contributed by atoms with van der Waals surface area (Å²) in [5.41, 5.74) is 2.52. The summed E-state index contributed by atoms with van der Waals surface area (Å²) in [6, 6.07) is 8.53. The van der Waals surface area contributed by atoms with Crippen LogP contribution in [0.15, 0.2) is 35.6 Å². The predicted octanol–water partition coefficient (Wildman–Crippen LogP) is 1.33. The summed E-state index contributed by atoms with van der Waals surface area (Å²) < 4.78 is 1.89. The number of hydrogen-bond acceptors (Lipinski definition) is 3. The number of aryl methyl sites for hydroxylation is 2. The van der Waals surface area contributed by atoms with Crippen molar-refractivity contribution >= 4 is 5.96 Å². The highest BCUT2D eigenvalue weighted by atomic mass is 15.3. The van der Waals surface area contributed by atoms with Crippen LogP contribution in [-0.4, -0.2) is 39.7 Å². The van der Waals surface area contributed by atoms with E-state index in [4.69, 9.17) is 0 Å². The third-order valence-corrected chi connectivity index (χ3v) is 3.32. The van der Waals surface area contributed by atoms with Crippen LogP contribution < -0.4 is 5.32 Å². The molecule has 2 aromatic rings. The van der Waals surface area contributed by atoms with Crippen LogP contribution in [0.3, 0.4) is 0 Å². The minimum Gasteiger partial charge on any atom is -0.349 e. The third kappa shape index (κ3) is 4.05. The SMILES string of the molecule is CN=C(NCc1nncn1C)N(C)Cc1ccc(C)cc1. The Kier molecular flexibility index (Phi) is 4.92. The Morgan fingerprint density at radius 3 is 2.62 bits per heavy atom. The molecule has 0 fully saturated rings. The van der Waals surface area contributed by atoms with Gasteiger partial charge in [-0.05, 0) is 12.5 Å². The van der Waals surface area contributed by atoms with E-state index in [0.29, 0.717) is 6.54 Å². The van der Waals surface area contributed by atoms with Crippen molar-refractivity contribution in [3.63, 3.8) is 0 Å². The van der Waals surface area contributed by atoms with Gasteiger partial charge in [-0.1, -0.05) is 29.8 Å². The summed E-state index contributed by atoms with van der Waals surface area (Å²) in [5.74, 6) is 1.71. The Bertz CT molecular complexity index is 599. The van der Waals surface area contributed by atoms with Gasteiger partial charge in [0.25, 0.3) is 0 Å². The fourth-order valence-electron chi connectivity index (χ4n) is 2.05. The van der Waals surface area contributed by atoms with Crippen molar-refractivity contribution in [2.24, 2.45) is 12.0 Å². The number of rotatable bonds is 4. The molecule has 6 nitrogen and oxygen atoms in total. The topological polar surface area (TPSA) is 58.3 Å². The van der Waals surface area contributed by atoms with Gasteiger partial charge in [-0.3, -0.25) is 4.99 Å². The molecule has 0 aliphatic carbocycles. The molecule has 0 saturated carbocycles. The lowest BCUT2D eigenvalue weighted by molar-refractivity contribution is 0.474. The Morgan fingerprint density at radius 1 is 1.33 bits per heavy atom. The molecule has 0 spiro atoms. The summed E-state index contributed by atoms with van der Waals surface area (Å²) in [6.07, 6.45) is 1.69. The zero-order chi connectivity index (χ0) is 15.2. The molecule has 21 heavy (non-hydrogen) atoms. The quantitative estimate of drug-likeness (QED) is 0.680. The highest BCUT2D eigenvalue weighted by Gasteiger charge is 2.08. The predicted molar refractivity (Wildman–Crippen MR) is 83.8 cm³/mol. The molecule has 1 N–H and O–H groups in total. The van der Waals surface area contributed by atoms with Crippen LogP contribution >= 0.6 is 0 Å². The van der Waals surface area contributed by atoms with Crippen LogP contribution in [0.4, 0.5) is 0 Å². The molecule has 1 heterocycles. The average molecular weight is 286 g/mol. The minimum absolute atomic E-state index is 0.599. The summed E-state index contributed by atoms with van der Waals surface area (Å²) in [6.45, 7) is 3.50.